The molecule has 0 saturated heterocycles. The minimum absolute atomic E-state index is 0.171. The van der Waals surface area contributed by atoms with Crippen molar-refractivity contribution in [2.75, 3.05) is 23.9 Å². The number of nitrogens with zero attached hydrogens (tertiary/aromatic N) is 2. The van der Waals surface area contributed by atoms with E-state index in [0.717, 1.165) is 0 Å². The molecule has 0 aliphatic rings. The Morgan fingerprint density at radius 2 is 2.24 bits per heavy atom. The van der Waals surface area contributed by atoms with Gasteiger partial charge in [-0.3, -0.25) is 19.1 Å². The maximum atomic E-state index is 11.6. The van der Waals surface area contributed by atoms with Gasteiger partial charge in [0.25, 0.3) is 11.2 Å². The zero-order valence-corrected chi connectivity index (χ0v) is 12.1. The van der Waals surface area contributed by atoms with Gasteiger partial charge in [-0.2, -0.15) is 0 Å². The van der Waals surface area contributed by atoms with E-state index in [2.05, 4.69) is 15.3 Å². The lowest BCUT2D eigenvalue weighted by Gasteiger charge is -2.07. The van der Waals surface area contributed by atoms with Crippen LogP contribution in [0.2, 0.25) is 0 Å². The molecule has 1 atom stereocenters. The number of nitro benzene ring substituents is 1. The van der Waals surface area contributed by atoms with Crippen LogP contribution in [0.1, 0.15) is 6.42 Å². The minimum atomic E-state index is -0.895. The van der Waals surface area contributed by atoms with Crippen molar-refractivity contribution in [3.63, 3.8) is 0 Å². The molecular formula is C12H14N4O4S. The summed E-state index contributed by atoms with van der Waals surface area (Å²) in [7, 11) is -0.895. The van der Waals surface area contributed by atoms with E-state index in [0.29, 0.717) is 29.9 Å². The van der Waals surface area contributed by atoms with E-state index in [-0.39, 0.29) is 11.1 Å². The summed E-state index contributed by atoms with van der Waals surface area (Å²) in [4.78, 5) is 28.6. The standard InChI is InChI=1S/C12H14N4O4S/c1-21(20)4-2-3-13-10-6-9-8(5-11(10)16(18)19)12(17)15-7-14-9/h5-7,13H,2-4H2,1H3,(H,14,15,17). The Morgan fingerprint density at radius 3 is 2.90 bits per heavy atom. The molecule has 0 fully saturated rings. The maximum absolute atomic E-state index is 11.6. The molecule has 1 aromatic carbocycles. The number of hydrogen-bond donors (Lipinski definition) is 2. The van der Waals surface area contributed by atoms with Crippen LogP contribution < -0.4 is 10.9 Å². The van der Waals surface area contributed by atoms with E-state index in [9.17, 15) is 19.1 Å². The summed E-state index contributed by atoms with van der Waals surface area (Å²) in [5, 5.41) is 14.2. The number of nitrogens with one attached hydrogen (secondary N) is 2. The highest BCUT2D eigenvalue weighted by molar-refractivity contribution is 7.84. The highest BCUT2D eigenvalue weighted by Crippen LogP contribution is 2.27. The Hall–Kier alpha value is -2.29. The average Bonchev–Trinajstić information content (AvgIpc) is 2.43. The third-order valence-electron chi connectivity index (χ3n) is 2.88. The molecule has 0 spiro atoms. The van der Waals surface area contributed by atoms with Crippen LogP contribution in [0.4, 0.5) is 11.4 Å². The summed E-state index contributed by atoms with van der Waals surface area (Å²) in [6, 6.07) is 2.69. The second-order valence-electron chi connectivity index (χ2n) is 4.43. The van der Waals surface area contributed by atoms with E-state index < -0.39 is 21.3 Å². The zero-order valence-electron chi connectivity index (χ0n) is 11.3. The highest BCUT2D eigenvalue weighted by atomic mass is 32.2. The van der Waals surface area contributed by atoms with E-state index >= 15 is 0 Å². The van der Waals surface area contributed by atoms with E-state index in [1.165, 1.54) is 18.5 Å². The summed E-state index contributed by atoms with van der Waals surface area (Å²) in [6.45, 7) is 0.453. The highest BCUT2D eigenvalue weighted by Gasteiger charge is 2.16. The molecule has 0 aliphatic heterocycles. The van der Waals surface area contributed by atoms with Crippen molar-refractivity contribution < 1.29 is 9.13 Å². The summed E-state index contributed by atoms with van der Waals surface area (Å²) in [5.41, 5.74) is 0.0769. The number of aromatic amines is 1. The van der Waals surface area contributed by atoms with Gasteiger partial charge in [-0.25, -0.2) is 4.98 Å². The molecule has 2 aromatic rings. The summed E-state index contributed by atoms with van der Waals surface area (Å²) in [6.07, 6.45) is 3.48. The van der Waals surface area contributed by atoms with Crippen LogP contribution in [0.15, 0.2) is 23.3 Å². The van der Waals surface area contributed by atoms with Crippen molar-refractivity contribution in [1.29, 1.82) is 0 Å². The van der Waals surface area contributed by atoms with Gasteiger partial charge in [0.1, 0.15) is 5.69 Å². The lowest BCUT2D eigenvalue weighted by atomic mass is 10.2. The van der Waals surface area contributed by atoms with Crippen molar-refractivity contribution in [2.24, 2.45) is 0 Å². The van der Waals surface area contributed by atoms with Gasteiger partial charge in [-0.15, -0.1) is 0 Å². The number of hydrogen-bond acceptors (Lipinski definition) is 6. The Balaban J connectivity index is 2.33. The molecule has 0 amide bonds. The Kier molecular flexibility index (Phi) is 4.63. The molecule has 0 saturated carbocycles. The van der Waals surface area contributed by atoms with Crippen LogP contribution in [0.3, 0.4) is 0 Å². The van der Waals surface area contributed by atoms with E-state index in [4.69, 9.17) is 0 Å². The number of benzene rings is 1. The topological polar surface area (TPSA) is 118 Å². The summed E-state index contributed by atoms with van der Waals surface area (Å²) >= 11 is 0. The molecule has 1 heterocycles. The molecule has 2 rings (SSSR count). The van der Waals surface area contributed by atoms with Gasteiger partial charge in [0, 0.05) is 35.4 Å². The Labute approximate surface area is 122 Å². The zero-order chi connectivity index (χ0) is 15.4. The monoisotopic (exact) mass is 310 g/mol. The van der Waals surface area contributed by atoms with Crippen LogP contribution in [0, 0.1) is 10.1 Å². The van der Waals surface area contributed by atoms with Crippen LogP contribution in [0.5, 0.6) is 0 Å². The van der Waals surface area contributed by atoms with Gasteiger partial charge in [0.15, 0.2) is 0 Å². The smallest absolute Gasteiger partial charge is 0.293 e. The number of H-pyrrole nitrogens is 1. The molecule has 112 valence electrons. The van der Waals surface area contributed by atoms with Crippen LogP contribution in [-0.4, -0.2) is 37.7 Å². The Morgan fingerprint density at radius 1 is 1.48 bits per heavy atom. The number of nitro groups is 1. The molecular weight excluding hydrogens is 296 g/mol. The Bertz CT molecular complexity index is 758. The number of aromatic nitrogens is 2. The predicted octanol–water partition coefficient (Wildman–Crippen LogP) is 1.01. The molecule has 9 heteroatoms. The minimum Gasteiger partial charge on any atom is -0.379 e. The second kappa shape index (κ2) is 6.44. The second-order valence-corrected chi connectivity index (χ2v) is 5.99. The van der Waals surface area contributed by atoms with E-state index in [1.807, 2.05) is 0 Å². The number of fused-ring (bicyclic) bond motifs is 1. The maximum Gasteiger partial charge on any atom is 0.293 e. The summed E-state index contributed by atoms with van der Waals surface area (Å²) in [5.74, 6) is 0.520. The van der Waals surface area contributed by atoms with Gasteiger partial charge in [-0.05, 0) is 12.5 Å². The lowest BCUT2D eigenvalue weighted by molar-refractivity contribution is -0.383. The molecule has 0 radical (unpaired) electrons. The van der Waals surface area contributed by atoms with Crippen LogP contribution in [-0.2, 0) is 10.8 Å². The molecule has 0 bridgehead atoms. The van der Waals surface area contributed by atoms with Gasteiger partial charge < -0.3 is 10.3 Å². The van der Waals surface area contributed by atoms with Crippen molar-refractivity contribution in [2.45, 2.75) is 6.42 Å². The fraction of sp³-hybridized carbons (Fsp3) is 0.333. The van der Waals surface area contributed by atoms with Gasteiger partial charge in [0.2, 0.25) is 0 Å². The van der Waals surface area contributed by atoms with Crippen molar-refractivity contribution in [3.8, 4) is 0 Å². The average molecular weight is 310 g/mol. The predicted molar refractivity (Wildman–Crippen MR) is 81.1 cm³/mol. The first kappa shape index (κ1) is 15.1. The first-order valence-corrected chi connectivity index (χ1v) is 7.91. The fourth-order valence-corrected chi connectivity index (χ4v) is 2.45. The first-order valence-electron chi connectivity index (χ1n) is 6.19. The number of anilines is 1. The molecule has 1 aromatic heterocycles. The molecule has 0 aliphatic carbocycles. The largest absolute Gasteiger partial charge is 0.379 e. The number of rotatable bonds is 6. The third kappa shape index (κ3) is 3.63. The lowest BCUT2D eigenvalue weighted by Crippen LogP contribution is -2.10. The quantitative estimate of drug-likeness (QED) is 0.467. The normalized spacial score (nSPS) is 12.2. The first-order chi connectivity index (χ1) is 9.99. The SMILES string of the molecule is CS(=O)CCCNc1cc2nc[nH]c(=O)c2cc1[N+](=O)[O-]. The van der Waals surface area contributed by atoms with Crippen LogP contribution in [0.25, 0.3) is 10.9 Å². The summed E-state index contributed by atoms with van der Waals surface area (Å²) < 4.78 is 11.0. The molecule has 8 nitrogen and oxygen atoms in total. The van der Waals surface area contributed by atoms with Crippen molar-refractivity contribution in [1.82, 2.24) is 9.97 Å². The van der Waals surface area contributed by atoms with Crippen molar-refractivity contribution in [3.05, 3.63) is 38.9 Å². The van der Waals surface area contributed by atoms with Gasteiger partial charge in [0.05, 0.1) is 22.2 Å². The van der Waals surface area contributed by atoms with Crippen LogP contribution >= 0.6 is 0 Å². The fourth-order valence-electron chi connectivity index (χ4n) is 1.89. The van der Waals surface area contributed by atoms with Gasteiger partial charge >= 0.3 is 0 Å². The van der Waals surface area contributed by atoms with Gasteiger partial charge in [-0.1, -0.05) is 0 Å². The van der Waals surface area contributed by atoms with Crippen molar-refractivity contribution >= 4 is 33.1 Å². The molecule has 21 heavy (non-hydrogen) atoms. The van der Waals surface area contributed by atoms with E-state index in [1.54, 1.807) is 6.26 Å². The molecule has 2 N–H and O–H groups in total. The third-order valence-corrected chi connectivity index (χ3v) is 3.74. The molecule has 1 unspecified atom stereocenters.